The summed E-state index contributed by atoms with van der Waals surface area (Å²) in [7, 11) is 0. The molecule has 0 fully saturated rings. The molecule has 0 aliphatic rings. The zero-order valence-electron chi connectivity index (χ0n) is 12.8. The van der Waals surface area contributed by atoms with Crippen molar-refractivity contribution in [3.8, 4) is 0 Å². The number of halogens is 1. The third-order valence-corrected chi connectivity index (χ3v) is 3.44. The van der Waals surface area contributed by atoms with Gasteiger partial charge in [0.2, 0.25) is 5.91 Å². The van der Waals surface area contributed by atoms with Crippen LogP contribution in [0.15, 0.2) is 54.6 Å². The fourth-order valence-corrected chi connectivity index (χ4v) is 2.35. The Balaban J connectivity index is 0.00000242. The predicted octanol–water partition coefficient (Wildman–Crippen LogP) is 4.09. The number of carbonyl (C=O) groups excluding carboxylic acids is 1. The zero-order chi connectivity index (χ0) is 15.1. The molecule has 2 aromatic rings. The largest absolute Gasteiger partial charge is 0.326 e. The SMILES string of the molecule is CCCc1ccccc1NC(=O)CC(N)c1ccccc1.Cl. The Kier molecular flexibility index (Phi) is 7.64. The Morgan fingerprint density at radius 1 is 1.09 bits per heavy atom. The highest BCUT2D eigenvalue weighted by atomic mass is 35.5. The van der Waals surface area contributed by atoms with Crippen molar-refractivity contribution in [2.24, 2.45) is 5.73 Å². The van der Waals surface area contributed by atoms with Crippen LogP contribution in [0.5, 0.6) is 0 Å². The molecule has 0 heterocycles. The van der Waals surface area contributed by atoms with Gasteiger partial charge in [0.1, 0.15) is 0 Å². The highest BCUT2D eigenvalue weighted by Crippen LogP contribution is 2.19. The number of hydrogen-bond acceptors (Lipinski definition) is 2. The van der Waals surface area contributed by atoms with Gasteiger partial charge in [0.15, 0.2) is 0 Å². The van der Waals surface area contributed by atoms with Gasteiger partial charge in [0.05, 0.1) is 0 Å². The van der Waals surface area contributed by atoms with Crippen molar-refractivity contribution in [2.45, 2.75) is 32.2 Å². The van der Waals surface area contributed by atoms with Gasteiger partial charge >= 0.3 is 0 Å². The first kappa shape index (κ1) is 18.2. The van der Waals surface area contributed by atoms with E-state index in [9.17, 15) is 4.79 Å². The minimum absolute atomic E-state index is 0. The summed E-state index contributed by atoms with van der Waals surface area (Å²) in [6.07, 6.45) is 2.29. The standard InChI is InChI=1S/C18H22N2O.ClH/c1-2-8-15-11-6-7-12-17(15)20-18(21)13-16(19)14-9-4-3-5-10-14;/h3-7,9-12,16H,2,8,13,19H2,1H3,(H,20,21);1H. The van der Waals surface area contributed by atoms with E-state index in [0.717, 1.165) is 24.1 Å². The van der Waals surface area contributed by atoms with Crippen LogP contribution in [0.25, 0.3) is 0 Å². The number of amides is 1. The van der Waals surface area contributed by atoms with Crippen LogP contribution in [0, 0.1) is 0 Å². The molecule has 0 aliphatic carbocycles. The minimum Gasteiger partial charge on any atom is -0.326 e. The lowest BCUT2D eigenvalue weighted by Crippen LogP contribution is -2.21. The number of hydrogen-bond donors (Lipinski definition) is 2. The normalized spacial score (nSPS) is 11.4. The van der Waals surface area contributed by atoms with Gasteiger partial charge < -0.3 is 11.1 Å². The van der Waals surface area contributed by atoms with Gasteiger partial charge in [-0.2, -0.15) is 0 Å². The number of nitrogens with one attached hydrogen (secondary N) is 1. The Morgan fingerprint density at radius 2 is 1.73 bits per heavy atom. The molecule has 2 aromatic carbocycles. The molecule has 0 radical (unpaired) electrons. The fraction of sp³-hybridized carbons (Fsp3) is 0.278. The summed E-state index contributed by atoms with van der Waals surface area (Å²) < 4.78 is 0. The molecule has 0 bridgehead atoms. The molecule has 3 nitrogen and oxygen atoms in total. The van der Waals surface area contributed by atoms with Crippen molar-refractivity contribution in [3.05, 3.63) is 65.7 Å². The van der Waals surface area contributed by atoms with Crippen LogP contribution >= 0.6 is 12.4 Å². The van der Waals surface area contributed by atoms with E-state index in [0.29, 0.717) is 0 Å². The maximum atomic E-state index is 12.2. The minimum atomic E-state index is -0.274. The summed E-state index contributed by atoms with van der Waals surface area (Å²) in [6.45, 7) is 2.13. The van der Waals surface area contributed by atoms with E-state index in [1.54, 1.807) is 0 Å². The Hall–Kier alpha value is -1.84. The van der Waals surface area contributed by atoms with Crippen LogP contribution in [-0.4, -0.2) is 5.91 Å². The highest BCUT2D eigenvalue weighted by Gasteiger charge is 2.12. The topological polar surface area (TPSA) is 55.1 Å². The average molecular weight is 319 g/mol. The molecule has 1 atom stereocenters. The Bertz CT molecular complexity index is 587. The van der Waals surface area contributed by atoms with Crippen LogP contribution in [0.3, 0.4) is 0 Å². The van der Waals surface area contributed by atoms with Crippen molar-refractivity contribution in [2.75, 3.05) is 5.32 Å². The van der Waals surface area contributed by atoms with Crippen LogP contribution in [-0.2, 0) is 11.2 Å². The third kappa shape index (κ3) is 5.17. The molecular formula is C18H23ClN2O. The van der Waals surface area contributed by atoms with E-state index in [1.165, 1.54) is 5.56 Å². The predicted molar refractivity (Wildman–Crippen MR) is 94.3 cm³/mol. The molecular weight excluding hydrogens is 296 g/mol. The fourth-order valence-electron chi connectivity index (χ4n) is 2.35. The van der Waals surface area contributed by atoms with E-state index in [2.05, 4.69) is 18.3 Å². The lowest BCUT2D eigenvalue weighted by Gasteiger charge is -2.14. The number of aryl methyl sites for hydroxylation is 1. The van der Waals surface area contributed by atoms with Crippen molar-refractivity contribution < 1.29 is 4.79 Å². The van der Waals surface area contributed by atoms with E-state index >= 15 is 0 Å². The van der Waals surface area contributed by atoms with Crippen molar-refractivity contribution in [1.82, 2.24) is 0 Å². The smallest absolute Gasteiger partial charge is 0.226 e. The summed E-state index contributed by atoms with van der Waals surface area (Å²) in [4.78, 5) is 12.2. The first-order chi connectivity index (χ1) is 10.2. The lowest BCUT2D eigenvalue weighted by molar-refractivity contribution is -0.116. The van der Waals surface area contributed by atoms with E-state index in [-0.39, 0.29) is 30.8 Å². The molecule has 0 saturated carbocycles. The molecule has 2 rings (SSSR count). The summed E-state index contributed by atoms with van der Waals surface area (Å²) >= 11 is 0. The van der Waals surface area contributed by atoms with Crippen LogP contribution in [0.1, 0.15) is 36.9 Å². The van der Waals surface area contributed by atoms with Gasteiger partial charge in [-0.05, 0) is 23.6 Å². The molecule has 4 heteroatoms. The van der Waals surface area contributed by atoms with Gasteiger partial charge in [-0.15, -0.1) is 12.4 Å². The van der Waals surface area contributed by atoms with Gasteiger partial charge in [-0.1, -0.05) is 61.9 Å². The number of anilines is 1. The molecule has 118 valence electrons. The van der Waals surface area contributed by atoms with Gasteiger partial charge in [0, 0.05) is 18.2 Å². The number of rotatable bonds is 6. The van der Waals surface area contributed by atoms with E-state index in [1.807, 2.05) is 48.5 Å². The maximum absolute atomic E-state index is 12.2. The van der Waals surface area contributed by atoms with Crippen molar-refractivity contribution in [1.29, 1.82) is 0 Å². The second kappa shape index (κ2) is 9.23. The van der Waals surface area contributed by atoms with Crippen molar-refractivity contribution >= 4 is 24.0 Å². The Labute approximate surface area is 138 Å². The molecule has 0 saturated heterocycles. The molecule has 22 heavy (non-hydrogen) atoms. The molecule has 0 aromatic heterocycles. The number of para-hydroxylation sites is 1. The first-order valence-corrected chi connectivity index (χ1v) is 7.39. The summed E-state index contributed by atoms with van der Waals surface area (Å²) in [6, 6.07) is 17.4. The molecule has 1 unspecified atom stereocenters. The molecule has 0 aliphatic heterocycles. The van der Waals surface area contributed by atoms with Gasteiger partial charge in [-0.25, -0.2) is 0 Å². The summed E-state index contributed by atoms with van der Waals surface area (Å²) in [5.41, 5.74) is 9.13. The second-order valence-corrected chi connectivity index (χ2v) is 5.18. The number of benzene rings is 2. The number of nitrogens with two attached hydrogens (primary N) is 1. The second-order valence-electron chi connectivity index (χ2n) is 5.18. The van der Waals surface area contributed by atoms with E-state index < -0.39 is 0 Å². The van der Waals surface area contributed by atoms with Gasteiger partial charge in [-0.3, -0.25) is 4.79 Å². The van der Waals surface area contributed by atoms with Crippen LogP contribution < -0.4 is 11.1 Å². The lowest BCUT2D eigenvalue weighted by atomic mass is 10.0. The maximum Gasteiger partial charge on any atom is 0.226 e. The monoisotopic (exact) mass is 318 g/mol. The van der Waals surface area contributed by atoms with Crippen molar-refractivity contribution in [3.63, 3.8) is 0 Å². The van der Waals surface area contributed by atoms with Gasteiger partial charge in [0.25, 0.3) is 0 Å². The van der Waals surface area contributed by atoms with Crippen LogP contribution in [0.2, 0.25) is 0 Å². The summed E-state index contributed by atoms with van der Waals surface area (Å²) in [5, 5.41) is 2.98. The van der Waals surface area contributed by atoms with Crippen LogP contribution in [0.4, 0.5) is 5.69 Å². The third-order valence-electron chi connectivity index (χ3n) is 3.44. The van der Waals surface area contributed by atoms with E-state index in [4.69, 9.17) is 5.73 Å². The quantitative estimate of drug-likeness (QED) is 0.843. The first-order valence-electron chi connectivity index (χ1n) is 7.39. The average Bonchev–Trinajstić information content (AvgIpc) is 2.50. The Morgan fingerprint density at radius 3 is 2.41 bits per heavy atom. The summed E-state index contributed by atoms with van der Waals surface area (Å²) in [5.74, 6) is -0.0464. The molecule has 0 spiro atoms. The molecule has 3 N–H and O–H groups in total. The zero-order valence-corrected chi connectivity index (χ0v) is 13.6. The highest BCUT2D eigenvalue weighted by molar-refractivity contribution is 5.92. The number of carbonyl (C=O) groups is 1. The molecule has 1 amide bonds.